The van der Waals surface area contributed by atoms with Gasteiger partial charge in [-0.2, -0.15) is 0 Å². The highest BCUT2D eigenvalue weighted by molar-refractivity contribution is 7.92. The highest BCUT2D eigenvalue weighted by Gasteiger charge is 2.45. The standard InChI is InChI=1S/C37H34N2O6S/c1-25-30-22-31(38-37(40)27-15-9-5-10-16-27)34(45-24-26-13-7-4-8-14-26)23-32(30)39(46(41,42)29-17-11-6-12-18-29)36(25)28-19-20-33(43-2)35(21-28)44-3/h4-23,25,36H,24H2,1-3H3,(H,38,40)/t25-,36-/m1/s1. The second-order valence-electron chi connectivity index (χ2n) is 11.0. The maximum atomic E-state index is 14.5. The molecule has 0 spiro atoms. The molecule has 234 valence electrons. The predicted molar refractivity (Wildman–Crippen MR) is 178 cm³/mol. The first-order valence-corrected chi connectivity index (χ1v) is 16.3. The maximum Gasteiger partial charge on any atom is 0.264 e. The van der Waals surface area contributed by atoms with Crippen LogP contribution >= 0.6 is 0 Å². The maximum absolute atomic E-state index is 14.5. The van der Waals surface area contributed by atoms with Crippen LogP contribution in [0, 0.1) is 0 Å². The fourth-order valence-corrected chi connectivity index (χ4v) is 7.60. The van der Waals surface area contributed by atoms with E-state index in [4.69, 9.17) is 14.2 Å². The molecule has 8 nitrogen and oxygen atoms in total. The highest BCUT2D eigenvalue weighted by atomic mass is 32.2. The summed E-state index contributed by atoms with van der Waals surface area (Å²) in [4.78, 5) is 13.5. The van der Waals surface area contributed by atoms with Gasteiger partial charge in [-0.25, -0.2) is 8.42 Å². The summed E-state index contributed by atoms with van der Waals surface area (Å²) in [5, 5.41) is 3.02. The molecule has 6 rings (SSSR count). The van der Waals surface area contributed by atoms with E-state index in [9.17, 15) is 13.2 Å². The number of hydrogen-bond donors (Lipinski definition) is 1. The van der Waals surface area contributed by atoms with Crippen LogP contribution in [0.2, 0.25) is 0 Å². The number of benzene rings is 5. The van der Waals surface area contributed by atoms with Gasteiger partial charge in [0.05, 0.1) is 36.5 Å². The van der Waals surface area contributed by atoms with Gasteiger partial charge >= 0.3 is 0 Å². The number of methoxy groups -OCH3 is 2. The Morgan fingerprint density at radius 3 is 2.04 bits per heavy atom. The van der Waals surface area contributed by atoms with Crippen LogP contribution in [-0.4, -0.2) is 28.5 Å². The number of carbonyl (C=O) groups excluding carboxylic acids is 1. The van der Waals surface area contributed by atoms with E-state index in [2.05, 4.69) is 5.32 Å². The predicted octanol–water partition coefficient (Wildman–Crippen LogP) is 7.59. The Balaban J connectivity index is 1.51. The van der Waals surface area contributed by atoms with Crippen molar-refractivity contribution in [3.05, 3.63) is 144 Å². The summed E-state index contributed by atoms with van der Waals surface area (Å²) in [6.07, 6.45) is 0. The van der Waals surface area contributed by atoms with Gasteiger partial charge in [0.2, 0.25) is 0 Å². The van der Waals surface area contributed by atoms with Crippen molar-refractivity contribution < 1.29 is 27.4 Å². The van der Waals surface area contributed by atoms with Crippen LogP contribution in [0.3, 0.4) is 0 Å². The molecule has 0 saturated carbocycles. The van der Waals surface area contributed by atoms with Crippen molar-refractivity contribution in [3.8, 4) is 17.2 Å². The van der Waals surface area contributed by atoms with E-state index >= 15 is 0 Å². The van der Waals surface area contributed by atoms with Gasteiger partial charge in [-0.05, 0) is 59.2 Å². The first kappa shape index (κ1) is 30.7. The molecule has 46 heavy (non-hydrogen) atoms. The SMILES string of the molecule is COc1ccc([C@H]2[C@H](C)c3cc(NC(=O)c4ccccc4)c(OCc4ccccc4)cc3N2S(=O)(=O)c2ccccc2)cc1OC. The molecule has 1 heterocycles. The average Bonchev–Trinajstić information content (AvgIpc) is 3.39. The number of amides is 1. The van der Waals surface area contributed by atoms with Crippen molar-refractivity contribution >= 4 is 27.3 Å². The Morgan fingerprint density at radius 2 is 1.39 bits per heavy atom. The number of anilines is 2. The van der Waals surface area contributed by atoms with E-state index in [1.165, 1.54) is 4.31 Å². The zero-order valence-electron chi connectivity index (χ0n) is 25.7. The summed E-state index contributed by atoms with van der Waals surface area (Å²) in [5.41, 5.74) is 3.80. The average molecular weight is 635 g/mol. The summed E-state index contributed by atoms with van der Waals surface area (Å²) in [6.45, 7) is 2.20. The normalized spacial score (nSPS) is 15.6. The van der Waals surface area contributed by atoms with Crippen LogP contribution in [0.1, 0.15) is 45.9 Å². The second kappa shape index (κ2) is 13.0. The van der Waals surface area contributed by atoms with Crippen molar-refractivity contribution in [2.24, 2.45) is 0 Å². The summed E-state index contributed by atoms with van der Waals surface area (Å²) in [6, 6.07) is 35.3. The number of rotatable bonds is 10. The molecule has 2 atom stereocenters. The number of ether oxygens (including phenoxy) is 3. The molecule has 1 aliphatic rings. The topological polar surface area (TPSA) is 94.2 Å². The molecule has 0 bridgehead atoms. The van der Waals surface area contributed by atoms with Gasteiger partial charge in [0.1, 0.15) is 12.4 Å². The van der Waals surface area contributed by atoms with Crippen LogP contribution < -0.4 is 23.8 Å². The van der Waals surface area contributed by atoms with Crippen molar-refractivity contribution in [3.63, 3.8) is 0 Å². The molecule has 0 fully saturated rings. The Labute approximate surface area is 269 Å². The molecule has 0 aromatic heterocycles. The van der Waals surface area contributed by atoms with Crippen LogP contribution in [0.4, 0.5) is 11.4 Å². The zero-order chi connectivity index (χ0) is 32.3. The fraction of sp³-hybridized carbons (Fsp3) is 0.162. The van der Waals surface area contributed by atoms with Crippen molar-refractivity contribution in [2.45, 2.75) is 30.4 Å². The summed E-state index contributed by atoms with van der Waals surface area (Å²) in [7, 11) is -0.960. The number of hydrogen-bond acceptors (Lipinski definition) is 6. The van der Waals surface area contributed by atoms with Crippen molar-refractivity contribution in [2.75, 3.05) is 23.8 Å². The van der Waals surface area contributed by atoms with E-state index in [0.29, 0.717) is 34.2 Å². The molecule has 0 unspecified atom stereocenters. The fourth-order valence-electron chi connectivity index (χ4n) is 5.85. The second-order valence-corrected chi connectivity index (χ2v) is 12.8. The molecule has 5 aromatic carbocycles. The number of fused-ring (bicyclic) bond motifs is 1. The Hall–Kier alpha value is -5.28. The zero-order valence-corrected chi connectivity index (χ0v) is 26.5. The van der Waals surface area contributed by atoms with Gasteiger partial charge in [-0.3, -0.25) is 9.10 Å². The number of sulfonamides is 1. The molecule has 1 N–H and O–H groups in total. The number of nitrogens with one attached hydrogen (secondary N) is 1. The lowest BCUT2D eigenvalue weighted by atomic mass is 9.91. The van der Waals surface area contributed by atoms with E-state index in [-0.39, 0.29) is 23.3 Å². The minimum atomic E-state index is -4.06. The van der Waals surface area contributed by atoms with E-state index in [0.717, 1.165) is 16.7 Å². The lowest BCUT2D eigenvalue weighted by molar-refractivity contribution is 0.102. The molecule has 0 aliphatic carbocycles. The van der Waals surface area contributed by atoms with Gasteiger partial charge < -0.3 is 19.5 Å². The quantitative estimate of drug-likeness (QED) is 0.170. The van der Waals surface area contributed by atoms with Crippen LogP contribution in [0.5, 0.6) is 17.2 Å². The molecule has 5 aromatic rings. The number of carbonyl (C=O) groups is 1. The van der Waals surface area contributed by atoms with Gasteiger partial charge in [0.25, 0.3) is 15.9 Å². The minimum absolute atomic E-state index is 0.161. The van der Waals surface area contributed by atoms with E-state index < -0.39 is 16.1 Å². The molecule has 1 amide bonds. The van der Waals surface area contributed by atoms with Crippen LogP contribution in [0.25, 0.3) is 0 Å². The third-order valence-corrected chi connectivity index (χ3v) is 9.96. The first-order valence-electron chi connectivity index (χ1n) is 14.8. The lowest BCUT2D eigenvalue weighted by Gasteiger charge is -2.30. The Kier molecular flexibility index (Phi) is 8.68. The van der Waals surface area contributed by atoms with E-state index in [1.54, 1.807) is 80.9 Å². The third-order valence-electron chi connectivity index (χ3n) is 8.15. The van der Waals surface area contributed by atoms with E-state index in [1.807, 2.05) is 61.5 Å². The molecule has 0 radical (unpaired) electrons. The van der Waals surface area contributed by atoms with Gasteiger partial charge in [-0.1, -0.05) is 79.7 Å². The minimum Gasteiger partial charge on any atom is -0.493 e. The van der Waals surface area contributed by atoms with Gasteiger partial charge in [-0.15, -0.1) is 0 Å². The monoisotopic (exact) mass is 634 g/mol. The van der Waals surface area contributed by atoms with Crippen molar-refractivity contribution in [1.29, 1.82) is 0 Å². The molecule has 9 heteroatoms. The first-order chi connectivity index (χ1) is 22.3. The largest absolute Gasteiger partial charge is 0.493 e. The highest BCUT2D eigenvalue weighted by Crippen LogP contribution is 2.54. The summed E-state index contributed by atoms with van der Waals surface area (Å²) >= 11 is 0. The Morgan fingerprint density at radius 1 is 0.761 bits per heavy atom. The van der Waals surface area contributed by atoms with Gasteiger partial charge in [0, 0.05) is 17.5 Å². The molecule has 1 aliphatic heterocycles. The third kappa shape index (κ3) is 5.89. The van der Waals surface area contributed by atoms with Gasteiger partial charge in [0.15, 0.2) is 11.5 Å². The molecular formula is C37H34N2O6S. The summed E-state index contributed by atoms with van der Waals surface area (Å²) in [5.74, 6) is 0.751. The molecular weight excluding hydrogens is 600 g/mol. The smallest absolute Gasteiger partial charge is 0.264 e. The lowest BCUT2D eigenvalue weighted by Crippen LogP contribution is -2.33. The van der Waals surface area contributed by atoms with Crippen molar-refractivity contribution in [1.82, 2.24) is 0 Å². The summed E-state index contributed by atoms with van der Waals surface area (Å²) < 4.78 is 47.8. The van der Waals surface area contributed by atoms with Crippen LogP contribution in [-0.2, 0) is 16.6 Å². The van der Waals surface area contributed by atoms with Crippen LogP contribution in [0.15, 0.2) is 126 Å². The number of nitrogens with zero attached hydrogens (tertiary/aromatic N) is 1. The molecule has 0 saturated heterocycles. The Bertz CT molecular complexity index is 1950.